The van der Waals surface area contributed by atoms with Crippen molar-refractivity contribution in [2.45, 2.75) is 25.4 Å². The molecule has 7 heteroatoms. The number of carbonyl (C=O) groups is 1. The van der Waals surface area contributed by atoms with Gasteiger partial charge in [-0.1, -0.05) is 6.07 Å². The Morgan fingerprint density at radius 1 is 1.36 bits per heavy atom. The Hall–Kier alpha value is -2.31. The van der Waals surface area contributed by atoms with Crippen LogP contribution >= 0.6 is 0 Å². The van der Waals surface area contributed by atoms with Crippen LogP contribution in [0.3, 0.4) is 0 Å². The lowest BCUT2D eigenvalue weighted by Gasteiger charge is -2.15. The molecule has 2 aromatic rings. The van der Waals surface area contributed by atoms with Gasteiger partial charge in [0.2, 0.25) is 5.91 Å². The van der Waals surface area contributed by atoms with Crippen LogP contribution in [-0.2, 0) is 11.0 Å². The average molecular weight is 310 g/mol. The van der Waals surface area contributed by atoms with E-state index in [2.05, 4.69) is 10.3 Å². The first-order valence-electron chi connectivity index (χ1n) is 6.84. The highest BCUT2D eigenvalue weighted by Gasteiger charge is 2.36. The minimum absolute atomic E-state index is 0.0327. The van der Waals surface area contributed by atoms with E-state index in [4.69, 9.17) is 4.42 Å². The Labute approximate surface area is 124 Å². The summed E-state index contributed by atoms with van der Waals surface area (Å²) >= 11 is 0. The summed E-state index contributed by atoms with van der Waals surface area (Å²) in [5.74, 6) is 0.0248. The van der Waals surface area contributed by atoms with Gasteiger partial charge in [-0.3, -0.25) is 4.79 Å². The van der Waals surface area contributed by atoms with E-state index in [0.29, 0.717) is 12.3 Å². The van der Waals surface area contributed by atoms with Gasteiger partial charge in [-0.15, -0.1) is 0 Å². The lowest BCUT2D eigenvalue weighted by atomic mass is 10.0. The molecule has 1 aliphatic carbocycles. The normalized spacial score (nSPS) is 14.9. The fourth-order valence-corrected chi connectivity index (χ4v) is 2.28. The van der Waals surface area contributed by atoms with E-state index < -0.39 is 11.7 Å². The topological polar surface area (TPSA) is 55.1 Å². The maximum absolute atomic E-state index is 13.2. The molecule has 0 radical (unpaired) electrons. The van der Waals surface area contributed by atoms with Crippen LogP contribution in [0.5, 0.6) is 0 Å². The molecule has 3 rings (SSSR count). The summed E-state index contributed by atoms with van der Waals surface area (Å²) in [5.41, 5.74) is -0.984. The molecule has 0 aliphatic heterocycles. The molecular formula is C15H13F3N2O2. The summed E-state index contributed by atoms with van der Waals surface area (Å²) in [7, 11) is 0. The second kappa shape index (κ2) is 5.47. The quantitative estimate of drug-likeness (QED) is 0.925. The molecule has 4 nitrogen and oxygen atoms in total. The van der Waals surface area contributed by atoms with Crippen molar-refractivity contribution in [3.05, 3.63) is 36.4 Å². The minimum Gasteiger partial charge on any atom is -0.443 e. The number of hydrogen-bond donors (Lipinski definition) is 1. The monoisotopic (exact) mass is 310 g/mol. The van der Waals surface area contributed by atoms with E-state index in [9.17, 15) is 18.0 Å². The third kappa shape index (κ3) is 3.13. The minimum atomic E-state index is -4.56. The summed E-state index contributed by atoms with van der Waals surface area (Å²) in [6, 6.07) is 3.64. The van der Waals surface area contributed by atoms with Crippen LogP contribution < -0.4 is 5.32 Å². The molecule has 1 N–H and O–H groups in total. The van der Waals surface area contributed by atoms with Gasteiger partial charge < -0.3 is 9.73 Å². The second-order valence-electron chi connectivity index (χ2n) is 5.29. The number of carbonyl (C=O) groups excluding carboxylic acids is 1. The van der Waals surface area contributed by atoms with Crippen LogP contribution in [0.1, 0.15) is 24.8 Å². The van der Waals surface area contributed by atoms with Crippen LogP contribution in [0.4, 0.5) is 18.9 Å². The highest BCUT2D eigenvalue weighted by Crippen LogP contribution is 2.41. The van der Waals surface area contributed by atoms with Crippen molar-refractivity contribution in [3.8, 4) is 11.3 Å². The van der Waals surface area contributed by atoms with Crippen LogP contribution in [0.2, 0.25) is 0 Å². The van der Waals surface area contributed by atoms with Gasteiger partial charge in [-0.25, -0.2) is 4.98 Å². The standard InChI is InChI=1S/C15H13F3N2O2/c16-15(17,18)10-2-1-3-11(14(10)12-7-19-8-22-12)20-13(21)6-9-4-5-9/h1-3,7-9H,4-6H2,(H,20,21). The Balaban J connectivity index is 1.99. The van der Waals surface area contributed by atoms with Gasteiger partial charge in [0.05, 0.1) is 23.0 Å². The predicted molar refractivity (Wildman–Crippen MR) is 72.9 cm³/mol. The molecule has 1 aliphatic rings. The Kier molecular flexibility index (Phi) is 3.64. The van der Waals surface area contributed by atoms with Gasteiger partial charge in [-0.05, 0) is 30.9 Å². The number of halogens is 3. The van der Waals surface area contributed by atoms with Gasteiger partial charge in [-0.2, -0.15) is 13.2 Å². The summed E-state index contributed by atoms with van der Waals surface area (Å²) in [5, 5.41) is 2.56. The molecular weight excluding hydrogens is 297 g/mol. The van der Waals surface area contributed by atoms with Crippen molar-refractivity contribution in [1.29, 1.82) is 0 Å². The Bertz CT molecular complexity index is 677. The van der Waals surface area contributed by atoms with Crippen molar-refractivity contribution in [2.75, 3.05) is 5.32 Å². The number of benzene rings is 1. The number of aromatic nitrogens is 1. The number of alkyl halides is 3. The van der Waals surface area contributed by atoms with E-state index in [1.165, 1.54) is 18.3 Å². The summed E-state index contributed by atoms with van der Waals surface area (Å²) < 4.78 is 44.6. The van der Waals surface area contributed by atoms with Crippen LogP contribution in [0.25, 0.3) is 11.3 Å². The zero-order valence-corrected chi connectivity index (χ0v) is 11.5. The number of nitrogens with zero attached hydrogens (tertiary/aromatic N) is 1. The highest BCUT2D eigenvalue weighted by atomic mass is 19.4. The number of anilines is 1. The smallest absolute Gasteiger partial charge is 0.417 e. The molecule has 0 saturated heterocycles. The summed E-state index contributed by atoms with van der Waals surface area (Å²) in [6.07, 6.45) is 0.000787. The molecule has 1 fully saturated rings. The molecule has 0 bridgehead atoms. The second-order valence-corrected chi connectivity index (χ2v) is 5.29. The van der Waals surface area contributed by atoms with Crippen molar-refractivity contribution in [2.24, 2.45) is 5.92 Å². The molecule has 1 aromatic carbocycles. The van der Waals surface area contributed by atoms with Gasteiger partial charge >= 0.3 is 6.18 Å². The first kappa shape index (κ1) is 14.6. The van der Waals surface area contributed by atoms with E-state index in [-0.39, 0.29) is 22.9 Å². The third-order valence-electron chi connectivity index (χ3n) is 3.49. The van der Waals surface area contributed by atoms with Gasteiger partial charge in [0.25, 0.3) is 0 Å². The fourth-order valence-electron chi connectivity index (χ4n) is 2.28. The van der Waals surface area contributed by atoms with E-state index in [0.717, 1.165) is 25.3 Å². The first-order valence-corrected chi connectivity index (χ1v) is 6.84. The van der Waals surface area contributed by atoms with Gasteiger partial charge in [0, 0.05) is 6.42 Å². The van der Waals surface area contributed by atoms with E-state index >= 15 is 0 Å². The fraction of sp³-hybridized carbons (Fsp3) is 0.333. The molecule has 0 unspecified atom stereocenters. The number of hydrogen-bond acceptors (Lipinski definition) is 3. The van der Waals surface area contributed by atoms with E-state index in [1.807, 2.05) is 0 Å². The van der Waals surface area contributed by atoms with E-state index in [1.54, 1.807) is 0 Å². The molecule has 0 atom stereocenters. The summed E-state index contributed by atoms with van der Waals surface area (Å²) in [6.45, 7) is 0. The predicted octanol–water partition coefficient (Wildman–Crippen LogP) is 4.10. The SMILES string of the molecule is O=C(CC1CC1)Nc1cccc(C(F)(F)F)c1-c1cnco1. The Morgan fingerprint density at radius 3 is 2.73 bits per heavy atom. The molecule has 1 heterocycles. The zero-order valence-electron chi connectivity index (χ0n) is 11.5. The van der Waals surface area contributed by atoms with Crippen LogP contribution in [-0.4, -0.2) is 10.9 Å². The maximum atomic E-state index is 13.2. The Morgan fingerprint density at radius 2 is 2.14 bits per heavy atom. The molecule has 1 aromatic heterocycles. The first-order chi connectivity index (χ1) is 10.4. The average Bonchev–Trinajstić information content (AvgIpc) is 3.08. The third-order valence-corrected chi connectivity index (χ3v) is 3.49. The van der Waals surface area contributed by atoms with Crippen LogP contribution in [0, 0.1) is 5.92 Å². The summed E-state index contributed by atoms with van der Waals surface area (Å²) in [4.78, 5) is 15.6. The van der Waals surface area contributed by atoms with Crippen molar-refractivity contribution >= 4 is 11.6 Å². The highest BCUT2D eigenvalue weighted by molar-refractivity contribution is 5.95. The zero-order chi connectivity index (χ0) is 15.7. The lowest BCUT2D eigenvalue weighted by Crippen LogP contribution is -2.15. The van der Waals surface area contributed by atoms with Gasteiger partial charge in [0.15, 0.2) is 12.2 Å². The molecule has 116 valence electrons. The molecule has 1 saturated carbocycles. The van der Waals surface area contributed by atoms with Crippen LogP contribution in [0.15, 0.2) is 35.2 Å². The van der Waals surface area contributed by atoms with Gasteiger partial charge in [0.1, 0.15) is 0 Å². The molecule has 22 heavy (non-hydrogen) atoms. The van der Waals surface area contributed by atoms with Crippen molar-refractivity contribution in [1.82, 2.24) is 4.98 Å². The number of rotatable bonds is 4. The number of oxazole rings is 1. The number of amides is 1. The molecule has 0 spiro atoms. The molecule has 1 amide bonds. The maximum Gasteiger partial charge on any atom is 0.417 e. The largest absolute Gasteiger partial charge is 0.443 e. The lowest BCUT2D eigenvalue weighted by molar-refractivity contribution is -0.137. The van der Waals surface area contributed by atoms with Crippen molar-refractivity contribution < 1.29 is 22.4 Å². The number of nitrogens with one attached hydrogen (secondary N) is 1. The van der Waals surface area contributed by atoms with Crippen molar-refractivity contribution in [3.63, 3.8) is 0 Å².